The van der Waals surface area contributed by atoms with Gasteiger partial charge in [0.25, 0.3) is 5.91 Å². The SMILES string of the molecule is Cc1ccc(C(C)C)c(OCc2ccc(C(=O)Nc3ccc(S(=O)(=O)N4CCOCC4)cc3)o2)c1. The lowest BCUT2D eigenvalue weighted by Gasteiger charge is -2.26. The topological polar surface area (TPSA) is 98.1 Å². The van der Waals surface area contributed by atoms with Crippen LogP contribution in [-0.2, 0) is 21.4 Å². The first-order valence-electron chi connectivity index (χ1n) is 11.6. The fourth-order valence-electron chi connectivity index (χ4n) is 3.81. The number of hydrogen-bond donors (Lipinski definition) is 1. The van der Waals surface area contributed by atoms with Gasteiger partial charge in [-0.1, -0.05) is 26.0 Å². The van der Waals surface area contributed by atoms with E-state index in [1.54, 1.807) is 24.3 Å². The van der Waals surface area contributed by atoms with E-state index in [1.807, 2.05) is 13.0 Å². The van der Waals surface area contributed by atoms with E-state index in [9.17, 15) is 13.2 Å². The molecule has 0 atom stereocenters. The molecule has 1 aliphatic rings. The molecule has 1 N–H and O–H groups in total. The predicted molar refractivity (Wildman–Crippen MR) is 132 cm³/mol. The summed E-state index contributed by atoms with van der Waals surface area (Å²) in [6.45, 7) is 7.85. The first-order valence-corrected chi connectivity index (χ1v) is 13.0. The number of aryl methyl sites for hydroxylation is 1. The summed E-state index contributed by atoms with van der Waals surface area (Å²) < 4.78 is 43.8. The van der Waals surface area contributed by atoms with Crippen LogP contribution >= 0.6 is 0 Å². The zero-order valence-corrected chi connectivity index (χ0v) is 20.9. The Morgan fingerprint density at radius 1 is 1.06 bits per heavy atom. The third-order valence-electron chi connectivity index (χ3n) is 5.77. The van der Waals surface area contributed by atoms with E-state index >= 15 is 0 Å². The first kappa shape index (κ1) is 25.0. The second kappa shape index (κ2) is 10.6. The number of benzene rings is 2. The average molecular weight is 499 g/mol. The Balaban J connectivity index is 1.37. The van der Waals surface area contributed by atoms with E-state index in [-0.39, 0.29) is 17.3 Å². The number of carbonyl (C=O) groups is 1. The normalized spacial score (nSPS) is 14.7. The van der Waals surface area contributed by atoms with Crippen molar-refractivity contribution in [3.63, 3.8) is 0 Å². The summed E-state index contributed by atoms with van der Waals surface area (Å²) in [7, 11) is -3.59. The summed E-state index contributed by atoms with van der Waals surface area (Å²) in [5.74, 6) is 1.35. The number of sulfonamides is 1. The number of carbonyl (C=O) groups excluding carboxylic acids is 1. The molecule has 186 valence electrons. The lowest BCUT2D eigenvalue weighted by Crippen LogP contribution is -2.40. The molecule has 2 aromatic carbocycles. The van der Waals surface area contributed by atoms with Crippen molar-refractivity contribution in [1.82, 2.24) is 4.31 Å². The Morgan fingerprint density at radius 3 is 2.46 bits per heavy atom. The molecule has 4 rings (SSSR count). The second-order valence-corrected chi connectivity index (χ2v) is 10.7. The summed E-state index contributed by atoms with van der Waals surface area (Å²) in [5, 5.41) is 2.73. The monoisotopic (exact) mass is 498 g/mol. The van der Waals surface area contributed by atoms with Crippen LogP contribution in [0.1, 0.15) is 47.2 Å². The van der Waals surface area contributed by atoms with Crippen molar-refractivity contribution in [2.24, 2.45) is 0 Å². The van der Waals surface area contributed by atoms with Gasteiger partial charge in [0.2, 0.25) is 10.0 Å². The maximum absolute atomic E-state index is 12.7. The molecule has 0 bridgehead atoms. The van der Waals surface area contributed by atoms with Crippen LogP contribution in [0.2, 0.25) is 0 Å². The molecule has 0 aliphatic carbocycles. The summed E-state index contributed by atoms with van der Waals surface area (Å²) in [4.78, 5) is 12.8. The van der Waals surface area contributed by atoms with Crippen LogP contribution in [0.15, 0.2) is 63.9 Å². The van der Waals surface area contributed by atoms with Crippen LogP contribution < -0.4 is 10.1 Å². The fourth-order valence-corrected chi connectivity index (χ4v) is 5.22. The number of hydrogen-bond acceptors (Lipinski definition) is 6. The van der Waals surface area contributed by atoms with Gasteiger partial charge in [-0.3, -0.25) is 4.79 Å². The molecule has 1 fully saturated rings. The lowest BCUT2D eigenvalue weighted by atomic mass is 10.0. The zero-order valence-electron chi connectivity index (χ0n) is 20.1. The van der Waals surface area contributed by atoms with E-state index < -0.39 is 15.9 Å². The van der Waals surface area contributed by atoms with Gasteiger partial charge in [0.15, 0.2) is 5.76 Å². The minimum Gasteiger partial charge on any atom is -0.485 e. The number of ether oxygens (including phenoxy) is 2. The van der Waals surface area contributed by atoms with Crippen molar-refractivity contribution in [1.29, 1.82) is 0 Å². The van der Waals surface area contributed by atoms with Gasteiger partial charge in [0.1, 0.15) is 18.1 Å². The molecule has 1 saturated heterocycles. The Morgan fingerprint density at radius 2 is 1.77 bits per heavy atom. The van der Waals surface area contributed by atoms with Gasteiger partial charge in [-0.25, -0.2) is 8.42 Å². The molecule has 1 aromatic heterocycles. The van der Waals surface area contributed by atoms with Crippen LogP contribution in [0, 0.1) is 6.92 Å². The van der Waals surface area contributed by atoms with Crippen molar-refractivity contribution in [2.75, 3.05) is 31.6 Å². The van der Waals surface area contributed by atoms with E-state index in [2.05, 4.69) is 31.3 Å². The Labute approximate surface area is 205 Å². The van der Waals surface area contributed by atoms with Crippen LogP contribution in [0.4, 0.5) is 5.69 Å². The third kappa shape index (κ3) is 5.93. The number of nitrogens with zero attached hydrogens (tertiary/aromatic N) is 1. The molecule has 0 radical (unpaired) electrons. The summed E-state index contributed by atoms with van der Waals surface area (Å²) in [6.07, 6.45) is 0. The highest BCUT2D eigenvalue weighted by atomic mass is 32.2. The van der Waals surface area contributed by atoms with E-state index in [4.69, 9.17) is 13.9 Å². The van der Waals surface area contributed by atoms with Crippen LogP contribution in [0.3, 0.4) is 0 Å². The van der Waals surface area contributed by atoms with Crippen LogP contribution in [-0.4, -0.2) is 44.9 Å². The van der Waals surface area contributed by atoms with Gasteiger partial charge < -0.3 is 19.2 Å². The highest BCUT2D eigenvalue weighted by molar-refractivity contribution is 7.89. The van der Waals surface area contributed by atoms with Crippen molar-refractivity contribution in [2.45, 2.75) is 38.2 Å². The minimum atomic E-state index is -3.59. The Bertz CT molecular complexity index is 1280. The van der Waals surface area contributed by atoms with Gasteiger partial charge in [-0.2, -0.15) is 4.31 Å². The molecule has 1 amide bonds. The van der Waals surface area contributed by atoms with E-state index in [1.165, 1.54) is 16.4 Å². The van der Waals surface area contributed by atoms with E-state index in [0.717, 1.165) is 16.9 Å². The largest absolute Gasteiger partial charge is 0.485 e. The molecule has 1 aliphatic heterocycles. The summed E-state index contributed by atoms with van der Waals surface area (Å²) >= 11 is 0. The summed E-state index contributed by atoms with van der Waals surface area (Å²) in [5.41, 5.74) is 2.68. The molecule has 9 heteroatoms. The molecule has 0 saturated carbocycles. The number of anilines is 1. The van der Waals surface area contributed by atoms with Gasteiger partial charge in [-0.15, -0.1) is 0 Å². The van der Waals surface area contributed by atoms with Crippen molar-refractivity contribution < 1.29 is 27.1 Å². The standard InChI is InChI=1S/C26H30N2O6S/c1-18(2)23-10-4-19(3)16-25(23)33-17-21-7-11-24(34-21)26(29)27-20-5-8-22(9-6-20)35(30,31)28-12-14-32-15-13-28/h4-11,16,18H,12-15,17H2,1-3H3,(H,27,29). The lowest BCUT2D eigenvalue weighted by molar-refractivity contribution is 0.0730. The molecule has 3 aromatic rings. The zero-order chi connectivity index (χ0) is 25.0. The number of rotatable bonds is 8. The van der Waals surface area contributed by atoms with Crippen molar-refractivity contribution >= 4 is 21.6 Å². The molecular formula is C26H30N2O6S. The van der Waals surface area contributed by atoms with Gasteiger partial charge in [0, 0.05) is 18.8 Å². The fraction of sp³-hybridized carbons (Fsp3) is 0.346. The Hall–Kier alpha value is -3.14. The highest BCUT2D eigenvalue weighted by Crippen LogP contribution is 2.28. The third-order valence-corrected chi connectivity index (χ3v) is 7.68. The molecular weight excluding hydrogens is 468 g/mol. The van der Waals surface area contributed by atoms with Crippen molar-refractivity contribution in [3.05, 3.63) is 77.2 Å². The van der Waals surface area contributed by atoms with Crippen molar-refractivity contribution in [3.8, 4) is 5.75 Å². The van der Waals surface area contributed by atoms with Gasteiger partial charge >= 0.3 is 0 Å². The predicted octanol–water partition coefficient (Wildman–Crippen LogP) is 4.56. The van der Waals surface area contributed by atoms with Crippen LogP contribution in [0.5, 0.6) is 5.75 Å². The summed E-state index contributed by atoms with van der Waals surface area (Å²) in [6, 6.07) is 15.5. The maximum atomic E-state index is 12.7. The molecule has 35 heavy (non-hydrogen) atoms. The highest BCUT2D eigenvalue weighted by Gasteiger charge is 2.26. The maximum Gasteiger partial charge on any atom is 0.291 e. The number of amides is 1. The molecule has 8 nitrogen and oxygen atoms in total. The molecule has 0 spiro atoms. The molecule has 0 unspecified atom stereocenters. The smallest absolute Gasteiger partial charge is 0.291 e. The van der Waals surface area contributed by atoms with Gasteiger partial charge in [-0.05, 0) is 66.4 Å². The first-order chi connectivity index (χ1) is 16.7. The minimum absolute atomic E-state index is 0.141. The number of nitrogens with one attached hydrogen (secondary N) is 1. The molecule has 2 heterocycles. The van der Waals surface area contributed by atoms with Crippen LogP contribution in [0.25, 0.3) is 0 Å². The Kier molecular flexibility index (Phi) is 7.59. The van der Waals surface area contributed by atoms with Gasteiger partial charge in [0.05, 0.1) is 18.1 Å². The van der Waals surface area contributed by atoms with E-state index in [0.29, 0.717) is 43.7 Å². The number of furan rings is 1. The average Bonchev–Trinajstić information content (AvgIpc) is 3.33. The second-order valence-electron chi connectivity index (χ2n) is 8.75. The quantitative estimate of drug-likeness (QED) is 0.489. The number of morpholine rings is 1.